The minimum Gasteiger partial charge on any atom is -0.481 e. The number of aliphatic carboxylic acids is 1. The van der Waals surface area contributed by atoms with Crippen LogP contribution in [0, 0.1) is 11.7 Å². The number of carboxylic acids is 1. The van der Waals surface area contributed by atoms with Gasteiger partial charge in [0.1, 0.15) is 11.6 Å². The fourth-order valence-electron chi connectivity index (χ4n) is 3.23. The molecule has 1 fully saturated rings. The zero-order valence-electron chi connectivity index (χ0n) is 12.6. The summed E-state index contributed by atoms with van der Waals surface area (Å²) in [7, 11) is 0. The Kier molecular flexibility index (Phi) is 4.11. The van der Waals surface area contributed by atoms with E-state index < -0.39 is 5.97 Å². The third-order valence-electron chi connectivity index (χ3n) is 4.33. The van der Waals surface area contributed by atoms with Crippen molar-refractivity contribution < 1.29 is 14.3 Å². The SMILES string of the molecule is CCn1c(CN2CCCC(C(=O)O)C2)nc2cc(F)ccc21. The van der Waals surface area contributed by atoms with Gasteiger partial charge in [-0.05, 0) is 38.4 Å². The van der Waals surface area contributed by atoms with E-state index >= 15 is 0 Å². The largest absolute Gasteiger partial charge is 0.481 e. The molecular formula is C16H20FN3O2. The van der Waals surface area contributed by atoms with Crippen LogP contribution in [-0.4, -0.2) is 38.6 Å². The maximum atomic E-state index is 13.4. The zero-order chi connectivity index (χ0) is 15.7. The maximum Gasteiger partial charge on any atom is 0.307 e. The first-order valence-electron chi connectivity index (χ1n) is 7.68. The Morgan fingerprint density at radius 3 is 3.05 bits per heavy atom. The van der Waals surface area contributed by atoms with Crippen molar-refractivity contribution >= 4 is 17.0 Å². The van der Waals surface area contributed by atoms with E-state index in [4.69, 9.17) is 0 Å². The molecule has 1 aliphatic heterocycles. The Bertz CT molecular complexity index is 698. The van der Waals surface area contributed by atoms with E-state index in [0.29, 0.717) is 18.6 Å². The molecular weight excluding hydrogens is 285 g/mol. The summed E-state index contributed by atoms with van der Waals surface area (Å²) < 4.78 is 15.4. The van der Waals surface area contributed by atoms with Gasteiger partial charge < -0.3 is 9.67 Å². The first-order chi connectivity index (χ1) is 10.6. The van der Waals surface area contributed by atoms with Gasteiger partial charge in [-0.2, -0.15) is 0 Å². The van der Waals surface area contributed by atoms with E-state index in [9.17, 15) is 14.3 Å². The first-order valence-corrected chi connectivity index (χ1v) is 7.68. The summed E-state index contributed by atoms with van der Waals surface area (Å²) in [5.74, 6) is -0.445. The number of piperidine rings is 1. The van der Waals surface area contributed by atoms with Crippen LogP contribution in [0.25, 0.3) is 11.0 Å². The lowest BCUT2D eigenvalue weighted by molar-refractivity contribution is -0.143. The highest BCUT2D eigenvalue weighted by molar-refractivity contribution is 5.76. The van der Waals surface area contributed by atoms with Gasteiger partial charge in [0, 0.05) is 19.2 Å². The third kappa shape index (κ3) is 2.83. The summed E-state index contributed by atoms with van der Waals surface area (Å²) in [4.78, 5) is 17.8. The number of hydrogen-bond acceptors (Lipinski definition) is 3. The van der Waals surface area contributed by atoms with E-state index in [1.54, 1.807) is 6.07 Å². The summed E-state index contributed by atoms with van der Waals surface area (Å²) in [6.45, 7) is 4.83. The molecule has 2 aromatic rings. The van der Waals surface area contributed by atoms with Gasteiger partial charge >= 0.3 is 5.97 Å². The molecule has 0 spiro atoms. The molecule has 1 atom stereocenters. The molecule has 22 heavy (non-hydrogen) atoms. The van der Waals surface area contributed by atoms with Gasteiger partial charge in [0.15, 0.2) is 0 Å². The molecule has 1 N–H and O–H groups in total. The van der Waals surface area contributed by atoms with Crippen LogP contribution >= 0.6 is 0 Å². The molecule has 0 aliphatic carbocycles. The summed E-state index contributed by atoms with van der Waals surface area (Å²) in [6, 6.07) is 4.64. The number of imidazole rings is 1. The van der Waals surface area contributed by atoms with Crippen LogP contribution < -0.4 is 0 Å². The molecule has 1 aromatic heterocycles. The molecule has 0 bridgehead atoms. The zero-order valence-corrected chi connectivity index (χ0v) is 12.6. The van der Waals surface area contributed by atoms with E-state index in [1.165, 1.54) is 12.1 Å². The summed E-state index contributed by atoms with van der Waals surface area (Å²) in [5, 5.41) is 9.18. The molecule has 5 nitrogen and oxygen atoms in total. The van der Waals surface area contributed by atoms with Crippen LogP contribution in [-0.2, 0) is 17.9 Å². The highest BCUT2D eigenvalue weighted by atomic mass is 19.1. The van der Waals surface area contributed by atoms with Crippen molar-refractivity contribution in [2.45, 2.75) is 32.9 Å². The number of fused-ring (bicyclic) bond motifs is 1. The molecule has 2 heterocycles. The lowest BCUT2D eigenvalue weighted by Gasteiger charge is -2.30. The molecule has 3 rings (SSSR count). The van der Waals surface area contributed by atoms with E-state index in [0.717, 1.165) is 37.3 Å². The number of nitrogens with zero attached hydrogens (tertiary/aromatic N) is 3. The van der Waals surface area contributed by atoms with Gasteiger partial charge in [-0.3, -0.25) is 9.69 Å². The number of benzene rings is 1. The van der Waals surface area contributed by atoms with Gasteiger partial charge in [0.05, 0.1) is 23.5 Å². The van der Waals surface area contributed by atoms with Crippen molar-refractivity contribution in [1.82, 2.24) is 14.5 Å². The molecule has 118 valence electrons. The van der Waals surface area contributed by atoms with Gasteiger partial charge in [-0.25, -0.2) is 9.37 Å². The lowest BCUT2D eigenvalue weighted by atomic mass is 9.98. The number of likely N-dealkylation sites (tertiary alicyclic amines) is 1. The highest BCUT2D eigenvalue weighted by Gasteiger charge is 2.26. The number of hydrogen-bond donors (Lipinski definition) is 1. The van der Waals surface area contributed by atoms with E-state index in [-0.39, 0.29) is 11.7 Å². The van der Waals surface area contributed by atoms with Gasteiger partial charge in [-0.15, -0.1) is 0 Å². The first kappa shape index (κ1) is 15.0. The van der Waals surface area contributed by atoms with Crippen molar-refractivity contribution in [3.05, 3.63) is 29.8 Å². The summed E-state index contributed by atoms with van der Waals surface area (Å²) in [6.07, 6.45) is 1.62. The van der Waals surface area contributed by atoms with Crippen LogP contribution in [0.4, 0.5) is 4.39 Å². The van der Waals surface area contributed by atoms with Gasteiger partial charge in [0.25, 0.3) is 0 Å². The number of aryl methyl sites for hydroxylation is 1. The van der Waals surface area contributed by atoms with E-state index in [1.807, 2.05) is 6.92 Å². The molecule has 0 radical (unpaired) electrons. The van der Waals surface area contributed by atoms with Crippen LogP contribution in [0.2, 0.25) is 0 Å². The molecule has 0 amide bonds. The Morgan fingerprint density at radius 1 is 1.50 bits per heavy atom. The molecule has 1 saturated heterocycles. The Morgan fingerprint density at radius 2 is 2.32 bits per heavy atom. The molecule has 1 aliphatic rings. The van der Waals surface area contributed by atoms with Gasteiger partial charge in [-0.1, -0.05) is 0 Å². The average molecular weight is 305 g/mol. The molecule has 0 saturated carbocycles. The third-order valence-corrected chi connectivity index (χ3v) is 4.33. The van der Waals surface area contributed by atoms with Crippen LogP contribution in [0.15, 0.2) is 18.2 Å². The Balaban J connectivity index is 1.85. The minimum atomic E-state index is -0.726. The van der Waals surface area contributed by atoms with Crippen molar-refractivity contribution in [1.29, 1.82) is 0 Å². The van der Waals surface area contributed by atoms with Crippen LogP contribution in [0.1, 0.15) is 25.6 Å². The minimum absolute atomic E-state index is 0.288. The summed E-state index contributed by atoms with van der Waals surface area (Å²) in [5.41, 5.74) is 1.58. The topological polar surface area (TPSA) is 58.4 Å². The number of carbonyl (C=O) groups is 1. The number of carboxylic acid groups (broad SMARTS) is 1. The fraction of sp³-hybridized carbons (Fsp3) is 0.500. The normalized spacial score (nSPS) is 19.6. The van der Waals surface area contributed by atoms with Gasteiger partial charge in [0.2, 0.25) is 0 Å². The predicted molar refractivity (Wildman–Crippen MR) is 81.0 cm³/mol. The predicted octanol–water partition coefficient (Wildman–Crippen LogP) is 2.49. The quantitative estimate of drug-likeness (QED) is 0.943. The molecule has 1 aromatic carbocycles. The Hall–Kier alpha value is -1.95. The summed E-state index contributed by atoms with van der Waals surface area (Å²) >= 11 is 0. The fourth-order valence-corrected chi connectivity index (χ4v) is 3.23. The highest BCUT2D eigenvalue weighted by Crippen LogP contribution is 2.22. The molecule has 6 heteroatoms. The van der Waals surface area contributed by atoms with Crippen LogP contribution in [0.5, 0.6) is 0 Å². The second-order valence-electron chi connectivity index (χ2n) is 5.82. The average Bonchev–Trinajstić information content (AvgIpc) is 2.83. The number of rotatable bonds is 4. The maximum absolute atomic E-state index is 13.4. The second-order valence-corrected chi connectivity index (χ2v) is 5.82. The second kappa shape index (κ2) is 6.04. The molecule has 1 unspecified atom stereocenters. The van der Waals surface area contributed by atoms with Crippen molar-refractivity contribution in [2.24, 2.45) is 5.92 Å². The smallest absolute Gasteiger partial charge is 0.307 e. The van der Waals surface area contributed by atoms with Crippen LogP contribution in [0.3, 0.4) is 0 Å². The Labute approximate surface area is 128 Å². The van der Waals surface area contributed by atoms with Crippen molar-refractivity contribution in [3.63, 3.8) is 0 Å². The lowest BCUT2D eigenvalue weighted by Crippen LogP contribution is -2.38. The number of halogens is 1. The van der Waals surface area contributed by atoms with E-state index in [2.05, 4.69) is 14.5 Å². The van der Waals surface area contributed by atoms with Crippen molar-refractivity contribution in [3.8, 4) is 0 Å². The monoisotopic (exact) mass is 305 g/mol. The number of aromatic nitrogens is 2. The van der Waals surface area contributed by atoms with Crippen molar-refractivity contribution in [2.75, 3.05) is 13.1 Å². The standard InChI is InChI=1S/C16H20FN3O2/c1-2-20-14-6-5-12(17)8-13(14)18-15(20)10-19-7-3-4-11(9-19)16(21)22/h5-6,8,11H,2-4,7,9-10H2,1H3,(H,21,22).